The molecule has 3 atom stereocenters. The van der Waals surface area contributed by atoms with Crippen LogP contribution < -0.4 is 5.32 Å². The number of carbonyl (C=O) groups is 1. The molecule has 5 nitrogen and oxygen atoms in total. The molecule has 0 saturated carbocycles. The maximum absolute atomic E-state index is 13.4. The largest absolute Gasteiger partial charge is 0.513 e. The van der Waals surface area contributed by atoms with Gasteiger partial charge in [-0.3, -0.25) is 0 Å². The molecule has 2 rings (SSSR count). The Kier molecular flexibility index (Phi) is 5.26. The number of nitriles is 1. The number of rotatable bonds is 2. The highest BCUT2D eigenvalue weighted by molar-refractivity contribution is 5.62. The first-order chi connectivity index (χ1) is 11.7. The minimum absolute atomic E-state index is 0.0480. The summed E-state index contributed by atoms with van der Waals surface area (Å²) in [7, 11) is 1.09. The molecule has 0 aliphatic carbocycles. The van der Waals surface area contributed by atoms with Gasteiger partial charge in [-0.15, -0.1) is 0 Å². The average Bonchev–Trinajstić information content (AvgIpc) is 2.55. The van der Waals surface area contributed by atoms with Crippen LogP contribution in [0.3, 0.4) is 0 Å². The van der Waals surface area contributed by atoms with E-state index in [4.69, 9.17) is 4.74 Å². The number of hydrogen-bond donors (Lipinski definition) is 1. The Morgan fingerprint density at radius 2 is 1.96 bits per heavy atom. The zero-order valence-electron chi connectivity index (χ0n) is 13.8. The summed E-state index contributed by atoms with van der Waals surface area (Å²) in [6.45, 7) is 3.26. The molecule has 0 saturated heterocycles. The highest BCUT2D eigenvalue weighted by Gasteiger charge is 2.43. The smallest absolute Gasteiger partial charge is 0.437 e. The minimum atomic E-state index is -4.60. The van der Waals surface area contributed by atoms with E-state index in [1.165, 1.54) is 18.2 Å². The number of ether oxygens (including phenoxy) is 2. The van der Waals surface area contributed by atoms with Crippen LogP contribution >= 0.6 is 0 Å². The molecule has 1 aromatic rings. The van der Waals surface area contributed by atoms with E-state index in [1.807, 2.05) is 6.07 Å². The lowest BCUT2D eigenvalue weighted by molar-refractivity contribution is -0.138. The Hall–Kier alpha value is -2.69. The number of alkyl halides is 3. The lowest BCUT2D eigenvalue weighted by Gasteiger charge is -2.36. The number of hydrogen-bond acceptors (Lipinski definition) is 5. The summed E-state index contributed by atoms with van der Waals surface area (Å²) in [6, 6.07) is 6.57. The van der Waals surface area contributed by atoms with Crippen molar-refractivity contribution in [2.75, 3.05) is 7.11 Å². The van der Waals surface area contributed by atoms with E-state index < -0.39 is 35.8 Å². The van der Waals surface area contributed by atoms with Crippen LogP contribution in [-0.4, -0.2) is 19.3 Å². The van der Waals surface area contributed by atoms with Crippen molar-refractivity contribution in [2.45, 2.75) is 32.0 Å². The van der Waals surface area contributed by atoms with Crippen molar-refractivity contribution >= 4 is 6.16 Å². The number of nitrogens with zero attached hydrogens (tertiary/aromatic N) is 1. The predicted octanol–water partition coefficient (Wildman–Crippen LogP) is 3.93. The SMILES string of the molecule is COC(=O)OC1=C(C)NC(C)C(C#N)C1c1ccccc1C(F)(F)F. The van der Waals surface area contributed by atoms with Crippen LogP contribution in [0.2, 0.25) is 0 Å². The van der Waals surface area contributed by atoms with Crippen molar-refractivity contribution in [3.63, 3.8) is 0 Å². The van der Waals surface area contributed by atoms with E-state index in [2.05, 4.69) is 10.1 Å². The second-order valence-electron chi connectivity index (χ2n) is 5.70. The third kappa shape index (κ3) is 3.71. The van der Waals surface area contributed by atoms with Gasteiger partial charge >= 0.3 is 12.3 Å². The van der Waals surface area contributed by atoms with Crippen molar-refractivity contribution in [3.05, 3.63) is 46.8 Å². The molecule has 25 heavy (non-hydrogen) atoms. The number of nitrogens with one attached hydrogen (secondary N) is 1. The van der Waals surface area contributed by atoms with E-state index in [1.54, 1.807) is 13.8 Å². The summed E-state index contributed by atoms with van der Waals surface area (Å²) in [5, 5.41) is 12.5. The third-order valence-corrected chi connectivity index (χ3v) is 4.10. The van der Waals surface area contributed by atoms with Crippen LogP contribution in [0, 0.1) is 17.2 Å². The second kappa shape index (κ2) is 7.05. The van der Waals surface area contributed by atoms with E-state index in [0.29, 0.717) is 5.70 Å². The molecule has 0 fully saturated rings. The monoisotopic (exact) mass is 354 g/mol. The summed E-state index contributed by atoms with van der Waals surface area (Å²) in [4.78, 5) is 11.5. The third-order valence-electron chi connectivity index (χ3n) is 4.10. The molecule has 1 aliphatic rings. The van der Waals surface area contributed by atoms with Gasteiger partial charge in [-0.1, -0.05) is 18.2 Å². The lowest BCUT2D eigenvalue weighted by Crippen LogP contribution is -2.42. The molecule has 0 amide bonds. The van der Waals surface area contributed by atoms with Crippen LogP contribution in [-0.2, 0) is 15.7 Å². The predicted molar refractivity (Wildman–Crippen MR) is 82.1 cm³/mol. The van der Waals surface area contributed by atoms with Gasteiger partial charge in [-0.05, 0) is 25.5 Å². The molecule has 0 aromatic heterocycles. The Bertz CT molecular complexity index is 737. The van der Waals surface area contributed by atoms with Gasteiger partial charge in [0, 0.05) is 11.7 Å². The van der Waals surface area contributed by atoms with Crippen molar-refractivity contribution in [1.29, 1.82) is 5.26 Å². The first-order valence-corrected chi connectivity index (χ1v) is 7.49. The molecule has 1 heterocycles. The summed E-state index contributed by atoms with van der Waals surface area (Å²) < 4.78 is 49.9. The topological polar surface area (TPSA) is 71.3 Å². The molecule has 134 valence electrons. The van der Waals surface area contributed by atoms with E-state index in [9.17, 15) is 23.2 Å². The quantitative estimate of drug-likeness (QED) is 0.815. The number of carbonyl (C=O) groups excluding carboxylic acids is 1. The zero-order chi connectivity index (χ0) is 18.8. The maximum Gasteiger partial charge on any atom is 0.513 e. The van der Waals surface area contributed by atoms with Crippen LogP contribution in [0.15, 0.2) is 35.7 Å². The van der Waals surface area contributed by atoms with Crippen LogP contribution in [0.5, 0.6) is 0 Å². The van der Waals surface area contributed by atoms with Crippen molar-refractivity contribution in [2.24, 2.45) is 5.92 Å². The Morgan fingerprint density at radius 1 is 1.32 bits per heavy atom. The van der Waals surface area contributed by atoms with Crippen LogP contribution in [0.1, 0.15) is 30.9 Å². The summed E-state index contributed by atoms with van der Waals surface area (Å²) >= 11 is 0. The molecule has 0 spiro atoms. The summed E-state index contributed by atoms with van der Waals surface area (Å²) in [6.07, 6.45) is -5.66. The molecular formula is C17H17F3N2O3. The number of methoxy groups -OCH3 is 1. The van der Waals surface area contributed by atoms with Gasteiger partial charge in [-0.2, -0.15) is 18.4 Å². The fraction of sp³-hybridized carbons (Fsp3) is 0.412. The molecule has 8 heteroatoms. The average molecular weight is 354 g/mol. The normalized spacial score (nSPS) is 23.5. The highest BCUT2D eigenvalue weighted by Crippen LogP contribution is 2.44. The fourth-order valence-corrected chi connectivity index (χ4v) is 3.01. The molecule has 0 bridgehead atoms. The highest BCUT2D eigenvalue weighted by atomic mass is 19.4. The van der Waals surface area contributed by atoms with Gasteiger partial charge in [0.2, 0.25) is 0 Å². The summed E-state index contributed by atoms with van der Waals surface area (Å²) in [5.74, 6) is -1.97. The molecule has 1 aliphatic heterocycles. The van der Waals surface area contributed by atoms with Gasteiger partial charge in [0.05, 0.1) is 30.6 Å². The second-order valence-corrected chi connectivity index (χ2v) is 5.70. The van der Waals surface area contributed by atoms with Crippen LogP contribution in [0.25, 0.3) is 0 Å². The molecule has 3 unspecified atom stereocenters. The Balaban J connectivity index is 2.66. The first kappa shape index (κ1) is 18.6. The molecule has 1 N–H and O–H groups in total. The van der Waals surface area contributed by atoms with Gasteiger partial charge in [0.1, 0.15) is 5.76 Å². The van der Waals surface area contributed by atoms with Crippen molar-refractivity contribution < 1.29 is 27.4 Å². The summed E-state index contributed by atoms with van der Waals surface area (Å²) in [5.41, 5.74) is -0.604. The molecule has 1 aromatic carbocycles. The van der Waals surface area contributed by atoms with Crippen LogP contribution in [0.4, 0.5) is 18.0 Å². The fourth-order valence-electron chi connectivity index (χ4n) is 3.01. The first-order valence-electron chi connectivity index (χ1n) is 7.49. The van der Waals surface area contributed by atoms with Gasteiger partial charge in [-0.25, -0.2) is 4.79 Å². The van der Waals surface area contributed by atoms with Crippen molar-refractivity contribution in [3.8, 4) is 6.07 Å². The van der Waals surface area contributed by atoms with E-state index in [-0.39, 0.29) is 11.3 Å². The molecule has 0 radical (unpaired) electrons. The van der Waals surface area contributed by atoms with E-state index in [0.717, 1.165) is 13.2 Å². The van der Waals surface area contributed by atoms with Crippen molar-refractivity contribution in [1.82, 2.24) is 5.32 Å². The lowest BCUT2D eigenvalue weighted by atomic mass is 9.76. The number of allylic oxidation sites excluding steroid dienone is 2. The zero-order valence-corrected chi connectivity index (χ0v) is 13.8. The van der Waals surface area contributed by atoms with Gasteiger partial charge < -0.3 is 14.8 Å². The Morgan fingerprint density at radius 3 is 2.52 bits per heavy atom. The van der Waals surface area contributed by atoms with Gasteiger partial charge in [0.15, 0.2) is 0 Å². The van der Waals surface area contributed by atoms with E-state index >= 15 is 0 Å². The maximum atomic E-state index is 13.4. The Labute approximate surface area is 143 Å². The minimum Gasteiger partial charge on any atom is -0.437 e. The number of benzene rings is 1. The van der Waals surface area contributed by atoms with Gasteiger partial charge in [0.25, 0.3) is 0 Å². The standard InChI is InChI=1S/C17H17F3N2O3/c1-9-12(8-21)14(15(10(2)22-9)25-16(23)24-3)11-6-4-5-7-13(11)17(18,19)20/h4-7,9,12,14,22H,1-3H3. The number of halogens is 3. The molecular weight excluding hydrogens is 337 g/mol.